The predicted molar refractivity (Wildman–Crippen MR) is 162 cm³/mol. The van der Waals surface area contributed by atoms with E-state index in [0.29, 0.717) is 27.1 Å². The summed E-state index contributed by atoms with van der Waals surface area (Å²) >= 11 is 9.35. The van der Waals surface area contributed by atoms with Crippen molar-refractivity contribution >= 4 is 57.2 Å². The fourth-order valence-corrected chi connectivity index (χ4v) is 7.33. The molecule has 6 nitrogen and oxygen atoms in total. The highest BCUT2D eigenvalue weighted by Gasteiger charge is 2.34. The number of allylic oxidation sites excluding steroid dienone is 1. The van der Waals surface area contributed by atoms with E-state index in [-0.39, 0.29) is 12.2 Å². The number of para-hydroxylation sites is 1. The van der Waals surface area contributed by atoms with E-state index >= 15 is 0 Å². The SMILES string of the molecule is CCOC(=O)C1=C(C)N=c2sc(=Cc3c(C)n(Cc4ccccc4Cl)c4ccccc34)c(=O)n2C1c1cccs1. The third kappa shape index (κ3) is 4.46. The van der Waals surface area contributed by atoms with E-state index < -0.39 is 12.0 Å². The molecular formula is C31H26ClN3O3S2. The Morgan fingerprint density at radius 1 is 1.10 bits per heavy atom. The van der Waals surface area contributed by atoms with Crippen LogP contribution in [0.1, 0.15) is 41.6 Å². The van der Waals surface area contributed by atoms with E-state index in [9.17, 15) is 9.59 Å². The maximum atomic E-state index is 14.0. The molecule has 0 radical (unpaired) electrons. The summed E-state index contributed by atoms with van der Waals surface area (Å²) in [6, 6.07) is 19.3. The van der Waals surface area contributed by atoms with Gasteiger partial charge in [-0.05, 0) is 56.0 Å². The van der Waals surface area contributed by atoms with Gasteiger partial charge in [-0.2, -0.15) is 0 Å². The second kappa shape index (κ2) is 10.7. The van der Waals surface area contributed by atoms with E-state index in [0.717, 1.165) is 37.6 Å². The summed E-state index contributed by atoms with van der Waals surface area (Å²) in [5.41, 5.74) is 4.88. The van der Waals surface area contributed by atoms with Crippen molar-refractivity contribution in [2.75, 3.05) is 6.61 Å². The van der Waals surface area contributed by atoms with Crippen LogP contribution in [0.25, 0.3) is 17.0 Å². The number of thiazole rings is 1. The Hall–Kier alpha value is -3.72. The minimum absolute atomic E-state index is 0.182. The van der Waals surface area contributed by atoms with Gasteiger partial charge in [0, 0.05) is 38.6 Å². The molecule has 1 aliphatic rings. The van der Waals surface area contributed by atoms with Crippen LogP contribution in [-0.4, -0.2) is 21.7 Å². The molecule has 0 aliphatic carbocycles. The van der Waals surface area contributed by atoms with Gasteiger partial charge < -0.3 is 9.30 Å². The molecule has 5 aromatic rings. The fourth-order valence-electron chi connectivity index (χ4n) is 5.28. The molecule has 0 fully saturated rings. The molecule has 0 bridgehead atoms. The first kappa shape index (κ1) is 26.5. The van der Waals surface area contributed by atoms with Gasteiger partial charge >= 0.3 is 5.97 Å². The van der Waals surface area contributed by atoms with Crippen LogP contribution in [0.15, 0.2) is 87.1 Å². The van der Waals surface area contributed by atoms with Gasteiger partial charge in [0.1, 0.15) is 6.04 Å². The molecule has 4 heterocycles. The molecular weight excluding hydrogens is 562 g/mol. The number of benzene rings is 2. The van der Waals surface area contributed by atoms with Crippen molar-refractivity contribution in [3.8, 4) is 0 Å². The molecule has 3 aromatic heterocycles. The minimum Gasteiger partial charge on any atom is -0.463 e. The summed E-state index contributed by atoms with van der Waals surface area (Å²) < 4.78 is 9.81. The van der Waals surface area contributed by atoms with E-state index in [1.807, 2.05) is 60.0 Å². The predicted octanol–water partition coefficient (Wildman–Crippen LogP) is 5.82. The Labute approximate surface area is 243 Å². The highest BCUT2D eigenvalue weighted by atomic mass is 35.5. The maximum Gasteiger partial charge on any atom is 0.338 e. The van der Waals surface area contributed by atoms with Gasteiger partial charge in [0.2, 0.25) is 0 Å². The summed E-state index contributed by atoms with van der Waals surface area (Å²) in [5, 5.41) is 3.72. The number of nitrogens with zero attached hydrogens (tertiary/aromatic N) is 3. The van der Waals surface area contributed by atoms with Crippen LogP contribution in [-0.2, 0) is 16.1 Å². The first-order chi connectivity index (χ1) is 19.4. The lowest BCUT2D eigenvalue weighted by Crippen LogP contribution is -2.39. The highest BCUT2D eigenvalue weighted by Crippen LogP contribution is 2.33. The van der Waals surface area contributed by atoms with Crippen LogP contribution in [0.2, 0.25) is 5.02 Å². The normalized spacial score (nSPS) is 15.4. The number of fused-ring (bicyclic) bond motifs is 2. The molecule has 9 heteroatoms. The summed E-state index contributed by atoms with van der Waals surface area (Å²) in [7, 11) is 0. The Balaban J connectivity index is 1.54. The number of thiophene rings is 1. The Kier molecular flexibility index (Phi) is 7.08. The van der Waals surface area contributed by atoms with Gasteiger partial charge in [-0.25, -0.2) is 9.79 Å². The average Bonchev–Trinajstić information content (AvgIpc) is 3.64. The number of hydrogen-bond donors (Lipinski definition) is 0. The molecule has 1 atom stereocenters. The van der Waals surface area contributed by atoms with Crippen LogP contribution in [0.4, 0.5) is 0 Å². The van der Waals surface area contributed by atoms with Gasteiger partial charge in [-0.15, -0.1) is 11.3 Å². The van der Waals surface area contributed by atoms with Crippen molar-refractivity contribution in [1.29, 1.82) is 0 Å². The third-order valence-electron chi connectivity index (χ3n) is 7.17. The number of carbonyl (C=O) groups excluding carboxylic acids is 1. The zero-order valence-electron chi connectivity index (χ0n) is 22.2. The molecule has 0 N–H and O–H groups in total. The number of hydrogen-bond acceptors (Lipinski definition) is 6. The van der Waals surface area contributed by atoms with Gasteiger partial charge in [0.25, 0.3) is 5.56 Å². The molecule has 40 heavy (non-hydrogen) atoms. The van der Waals surface area contributed by atoms with Crippen molar-refractivity contribution < 1.29 is 9.53 Å². The number of esters is 1. The fraction of sp³-hybridized carbons (Fsp3) is 0.194. The molecule has 202 valence electrons. The molecule has 0 amide bonds. The topological polar surface area (TPSA) is 65.6 Å². The smallest absolute Gasteiger partial charge is 0.338 e. The largest absolute Gasteiger partial charge is 0.463 e. The van der Waals surface area contributed by atoms with Crippen LogP contribution in [0.3, 0.4) is 0 Å². The van der Waals surface area contributed by atoms with E-state index in [4.69, 9.17) is 21.3 Å². The molecule has 0 saturated carbocycles. The lowest BCUT2D eigenvalue weighted by Gasteiger charge is -2.23. The first-order valence-electron chi connectivity index (χ1n) is 12.9. The maximum absolute atomic E-state index is 14.0. The van der Waals surface area contributed by atoms with Crippen LogP contribution in [0, 0.1) is 6.92 Å². The Morgan fingerprint density at radius 2 is 1.88 bits per heavy atom. The summed E-state index contributed by atoms with van der Waals surface area (Å²) in [4.78, 5) is 33.2. The monoisotopic (exact) mass is 587 g/mol. The van der Waals surface area contributed by atoms with Crippen molar-refractivity contribution in [1.82, 2.24) is 9.13 Å². The number of aromatic nitrogens is 2. The van der Waals surface area contributed by atoms with Gasteiger partial charge in [-0.1, -0.05) is 65.4 Å². The highest BCUT2D eigenvalue weighted by molar-refractivity contribution is 7.10. The van der Waals surface area contributed by atoms with Crippen molar-refractivity contribution in [3.05, 3.63) is 124 Å². The Morgan fingerprint density at radius 3 is 2.62 bits per heavy atom. The van der Waals surface area contributed by atoms with Gasteiger partial charge in [-0.3, -0.25) is 9.36 Å². The minimum atomic E-state index is -0.583. The summed E-state index contributed by atoms with van der Waals surface area (Å²) in [6.45, 7) is 6.50. The standard InChI is InChI=1S/C31H26ClN3O3S2/c1-4-38-30(37)27-18(2)33-31-35(28(27)25-14-9-15-39-25)29(36)26(40-31)16-22-19(3)34(24-13-8-6-11-21(22)24)17-20-10-5-7-12-23(20)32/h5-16,28H,4,17H2,1-3H3. The van der Waals surface area contributed by atoms with Crippen LogP contribution in [0.5, 0.6) is 0 Å². The number of carbonyl (C=O) groups is 1. The third-order valence-corrected chi connectivity index (χ3v) is 9.45. The zero-order chi connectivity index (χ0) is 28.0. The summed E-state index contributed by atoms with van der Waals surface area (Å²) in [5.74, 6) is -0.449. The molecule has 1 aliphatic heterocycles. The lowest BCUT2D eigenvalue weighted by atomic mass is 10.0. The number of ether oxygens (including phenoxy) is 1. The zero-order valence-corrected chi connectivity index (χ0v) is 24.6. The lowest BCUT2D eigenvalue weighted by molar-refractivity contribution is -0.139. The molecule has 0 spiro atoms. The van der Waals surface area contributed by atoms with Crippen LogP contribution >= 0.6 is 34.3 Å². The van der Waals surface area contributed by atoms with E-state index in [2.05, 4.69) is 23.6 Å². The number of halogens is 1. The molecule has 0 saturated heterocycles. The quantitative estimate of drug-likeness (QED) is 0.235. The van der Waals surface area contributed by atoms with E-state index in [1.165, 1.54) is 22.7 Å². The molecule has 2 aromatic carbocycles. The number of rotatable bonds is 6. The van der Waals surface area contributed by atoms with Gasteiger partial charge in [0.15, 0.2) is 4.80 Å². The van der Waals surface area contributed by atoms with Crippen molar-refractivity contribution in [2.45, 2.75) is 33.4 Å². The second-order valence-electron chi connectivity index (χ2n) is 9.51. The Bertz CT molecular complexity index is 1980. The second-order valence-corrected chi connectivity index (χ2v) is 11.9. The summed E-state index contributed by atoms with van der Waals surface area (Å²) in [6.07, 6.45) is 1.96. The van der Waals surface area contributed by atoms with Gasteiger partial charge in [0.05, 0.1) is 22.4 Å². The van der Waals surface area contributed by atoms with Crippen molar-refractivity contribution in [2.24, 2.45) is 4.99 Å². The van der Waals surface area contributed by atoms with E-state index in [1.54, 1.807) is 18.4 Å². The van der Waals surface area contributed by atoms with Crippen LogP contribution < -0.4 is 14.9 Å². The first-order valence-corrected chi connectivity index (χ1v) is 15.0. The molecule has 6 rings (SSSR count). The average molecular weight is 588 g/mol. The van der Waals surface area contributed by atoms with Crippen molar-refractivity contribution in [3.63, 3.8) is 0 Å². The molecule has 1 unspecified atom stereocenters.